The maximum absolute atomic E-state index is 12.7. The summed E-state index contributed by atoms with van der Waals surface area (Å²) in [4.78, 5) is 50.4. The molecular formula is C21H27N3O4. The number of rotatable bonds is 6. The monoisotopic (exact) mass is 385 g/mol. The van der Waals surface area contributed by atoms with Crippen LogP contribution in [-0.4, -0.2) is 41.6 Å². The van der Waals surface area contributed by atoms with E-state index in [0.717, 1.165) is 49.0 Å². The highest BCUT2D eigenvalue weighted by atomic mass is 16.2. The summed E-state index contributed by atoms with van der Waals surface area (Å²) in [6.07, 6.45) is 5.39. The molecule has 4 amide bonds. The van der Waals surface area contributed by atoms with Gasteiger partial charge in [0, 0.05) is 12.1 Å². The molecule has 1 saturated heterocycles. The average Bonchev–Trinajstić information content (AvgIpc) is 2.91. The average molecular weight is 385 g/mol. The van der Waals surface area contributed by atoms with Gasteiger partial charge in [-0.05, 0) is 30.9 Å². The Morgan fingerprint density at radius 1 is 1.07 bits per heavy atom. The smallest absolute Gasteiger partial charge is 0.243 e. The molecule has 2 aliphatic rings. The van der Waals surface area contributed by atoms with Crippen LogP contribution in [0.1, 0.15) is 51.0 Å². The summed E-state index contributed by atoms with van der Waals surface area (Å²) in [6.45, 7) is 1.46. The molecule has 2 N–H and O–H groups in total. The summed E-state index contributed by atoms with van der Waals surface area (Å²) in [5.41, 5.74) is 1.12. The number of imide groups is 1. The van der Waals surface area contributed by atoms with Gasteiger partial charge in [-0.25, -0.2) is 0 Å². The van der Waals surface area contributed by atoms with Crippen molar-refractivity contribution < 1.29 is 19.2 Å². The van der Waals surface area contributed by atoms with Gasteiger partial charge in [-0.15, -0.1) is 0 Å². The van der Waals surface area contributed by atoms with E-state index in [0.29, 0.717) is 5.69 Å². The van der Waals surface area contributed by atoms with Gasteiger partial charge in [0.05, 0.1) is 12.0 Å². The van der Waals surface area contributed by atoms with E-state index in [-0.39, 0.29) is 37.2 Å². The van der Waals surface area contributed by atoms with Crippen LogP contribution in [0.2, 0.25) is 0 Å². The number of aryl methyl sites for hydroxylation is 1. The molecule has 28 heavy (non-hydrogen) atoms. The van der Waals surface area contributed by atoms with Crippen molar-refractivity contribution in [1.82, 2.24) is 10.2 Å². The first-order valence-corrected chi connectivity index (χ1v) is 9.94. The SMILES string of the molecule is CCc1ccccc1NC(=O)CNC(=O)CN1C(=O)CC2(CCCCC2)C1=O. The lowest BCUT2D eigenvalue weighted by atomic mass is 9.73. The minimum Gasteiger partial charge on any atom is -0.345 e. The number of carbonyl (C=O) groups is 4. The van der Waals surface area contributed by atoms with Gasteiger partial charge >= 0.3 is 0 Å². The molecule has 0 atom stereocenters. The van der Waals surface area contributed by atoms with Gasteiger partial charge in [0.1, 0.15) is 6.54 Å². The molecule has 3 rings (SSSR count). The molecule has 7 heteroatoms. The topological polar surface area (TPSA) is 95.6 Å². The molecule has 1 aromatic carbocycles. The Morgan fingerprint density at radius 3 is 2.50 bits per heavy atom. The van der Waals surface area contributed by atoms with E-state index >= 15 is 0 Å². The molecule has 1 aliphatic heterocycles. The van der Waals surface area contributed by atoms with Crippen molar-refractivity contribution in [2.24, 2.45) is 5.41 Å². The number of nitrogens with zero attached hydrogens (tertiary/aromatic N) is 1. The second-order valence-corrected chi connectivity index (χ2v) is 7.64. The van der Waals surface area contributed by atoms with Crippen molar-refractivity contribution in [3.63, 3.8) is 0 Å². The number of hydrogen-bond donors (Lipinski definition) is 2. The molecule has 1 saturated carbocycles. The minimum absolute atomic E-state index is 0.202. The van der Waals surface area contributed by atoms with E-state index in [1.807, 2.05) is 31.2 Å². The molecule has 1 heterocycles. The molecule has 1 aromatic rings. The number of nitrogens with one attached hydrogen (secondary N) is 2. The van der Waals surface area contributed by atoms with Gasteiger partial charge in [-0.3, -0.25) is 24.1 Å². The molecule has 2 fully saturated rings. The lowest BCUT2D eigenvalue weighted by Gasteiger charge is -2.30. The lowest BCUT2D eigenvalue weighted by molar-refractivity contribution is -0.145. The quantitative estimate of drug-likeness (QED) is 0.732. The lowest BCUT2D eigenvalue weighted by Crippen LogP contribution is -2.44. The van der Waals surface area contributed by atoms with Crippen LogP contribution in [0.3, 0.4) is 0 Å². The standard InChI is InChI=1S/C21H27N3O4/c1-2-15-8-4-5-9-16(15)23-17(25)13-22-18(26)14-24-19(27)12-21(20(24)28)10-6-3-7-11-21/h4-5,8-9H,2-3,6-7,10-14H2,1H3,(H,22,26)(H,23,25). The first kappa shape index (κ1) is 20.0. The molecule has 0 bridgehead atoms. The third kappa shape index (κ3) is 4.24. The van der Waals surface area contributed by atoms with Crippen molar-refractivity contribution in [2.75, 3.05) is 18.4 Å². The number of carbonyl (C=O) groups excluding carboxylic acids is 4. The second kappa shape index (κ2) is 8.54. The maximum Gasteiger partial charge on any atom is 0.243 e. The van der Waals surface area contributed by atoms with E-state index < -0.39 is 11.3 Å². The highest BCUT2D eigenvalue weighted by molar-refractivity contribution is 6.08. The van der Waals surface area contributed by atoms with Crippen LogP contribution in [0.4, 0.5) is 5.69 Å². The van der Waals surface area contributed by atoms with E-state index in [1.54, 1.807) is 0 Å². The predicted molar refractivity (Wildman–Crippen MR) is 104 cm³/mol. The summed E-state index contributed by atoms with van der Waals surface area (Å²) in [6, 6.07) is 7.47. The van der Waals surface area contributed by atoms with Crippen LogP contribution in [-0.2, 0) is 25.6 Å². The van der Waals surface area contributed by atoms with Gasteiger partial charge < -0.3 is 10.6 Å². The number of benzene rings is 1. The Hall–Kier alpha value is -2.70. The summed E-state index contributed by atoms with van der Waals surface area (Å²) >= 11 is 0. The van der Waals surface area contributed by atoms with Crippen molar-refractivity contribution in [3.05, 3.63) is 29.8 Å². The van der Waals surface area contributed by atoms with E-state index in [4.69, 9.17) is 0 Å². The van der Waals surface area contributed by atoms with Crippen molar-refractivity contribution in [3.8, 4) is 0 Å². The summed E-state index contributed by atoms with van der Waals surface area (Å²) in [5.74, 6) is -1.37. The van der Waals surface area contributed by atoms with Gasteiger partial charge in [-0.1, -0.05) is 44.4 Å². The summed E-state index contributed by atoms with van der Waals surface area (Å²) < 4.78 is 0. The number of para-hydroxylation sites is 1. The van der Waals surface area contributed by atoms with Crippen LogP contribution in [0.5, 0.6) is 0 Å². The zero-order chi connectivity index (χ0) is 20.1. The Morgan fingerprint density at radius 2 is 1.79 bits per heavy atom. The van der Waals surface area contributed by atoms with Crippen LogP contribution in [0.25, 0.3) is 0 Å². The fourth-order valence-corrected chi connectivity index (χ4v) is 4.16. The van der Waals surface area contributed by atoms with Crippen LogP contribution >= 0.6 is 0 Å². The Labute approximate surface area is 164 Å². The highest BCUT2D eigenvalue weighted by Gasteiger charge is 2.51. The number of hydrogen-bond acceptors (Lipinski definition) is 4. The van der Waals surface area contributed by atoms with Crippen molar-refractivity contribution in [1.29, 1.82) is 0 Å². The van der Waals surface area contributed by atoms with Crippen molar-refractivity contribution in [2.45, 2.75) is 51.9 Å². The van der Waals surface area contributed by atoms with Crippen LogP contribution < -0.4 is 10.6 Å². The van der Waals surface area contributed by atoms with E-state index in [2.05, 4.69) is 10.6 Å². The number of likely N-dealkylation sites (tertiary alicyclic amines) is 1. The number of amides is 4. The van der Waals surface area contributed by atoms with Gasteiger partial charge in [-0.2, -0.15) is 0 Å². The largest absolute Gasteiger partial charge is 0.345 e. The summed E-state index contributed by atoms with van der Waals surface area (Å²) in [7, 11) is 0. The molecule has 0 radical (unpaired) electrons. The molecule has 0 aromatic heterocycles. The van der Waals surface area contributed by atoms with Gasteiger partial charge in [0.15, 0.2) is 0 Å². The molecule has 0 unspecified atom stereocenters. The molecule has 1 spiro atoms. The van der Waals surface area contributed by atoms with Crippen LogP contribution in [0, 0.1) is 5.41 Å². The zero-order valence-corrected chi connectivity index (χ0v) is 16.3. The molecule has 7 nitrogen and oxygen atoms in total. The molecule has 150 valence electrons. The molecular weight excluding hydrogens is 358 g/mol. The van der Waals surface area contributed by atoms with Gasteiger partial charge in [0.2, 0.25) is 23.6 Å². The summed E-state index contributed by atoms with van der Waals surface area (Å²) in [5, 5.41) is 5.28. The second-order valence-electron chi connectivity index (χ2n) is 7.64. The third-order valence-electron chi connectivity index (χ3n) is 5.72. The maximum atomic E-state index is 12.7. The zero-order valence-electron chi connectivity index (χ0n) is 16.3. The first-order chi connectivity index (χ1) is 13.4. The fraction of sp³-hybridized carbons (Fsp3) is 0.524. The Balaban J connectivity index is 1.51. The minimum atomic E-state index is -0.600. The fourth-order valence-electron chi connectivity index (χ4n) is 4.16. The van der Waals surface area contributed by atoms with Crippen molar-refractivity contribution >= 4 is 29.3 Å². The Bertz CT molecular complexity index is 784. The van der Waals surface area contributed by atoms with Crippen LogP contribution in [0.15, 0.2) is 24.3 Å². The first-order valence-electron chi connectivity index (χ1n) is 9.94. The predicted octanol–water partition coefficient (Wildman–Crippen LogP) is 2.01. The van der Waals surface area contributed by atoms with E-state index in [9.17, 15) is 19.2 Å². The van der Waals surface area contributed by atoms with E-state index in [1.165, 1.54) is 0 Å². The van der Waals surface area contributed by atoms with Gasteiger partial charge in [0.25, 0.3) is 0 Å². The highest BCUT2D eigenvalue weighted by Crippen LogP contribution is 2.45. The number of anilines is 1. The molecule has 1 aliphatic carbocycles. The normalized spacial score (nSPS) is 18.4. The third-order valence-corrected chi connectivity index (χ3v) is 5.72. The Kier molecular flexibility index (Phi) is 6.11.